The standard InChI is InChI=1S/C21H25N5O2S/c1-13-11-16(14(2)29-13)18-7-8-22-21(24-18)26-19(15-5-6-15)17(12-23-26)20(27)25(3)9-10-28-4/h7-8,11-12,15H,5-6,9-10H2,1-4H3. The topological polar surface area (TPSA) is 73.1 Å². The summed E-state index contributed by atoms with van der Waals surface area (Å²) in [5, 5.41) is 4.51. The number of methoxy groups -OCH3 is 1. The molecule has 8 heteroatoms. The molecule has 4 rings (SSSR count). The van der Waals surface area contributed by atoms with E-state index in [-0.39, 0.29) is 5.91 Å². The molecule has 0 saturated heterocycles. The van der Waals surface area contributed by atoms with E-state index in [1.54, 1.807) is 47.5 Å². The third kappa shape index (κ3) is 3.95. The number of amides is 1. The van der Waals surface area contributed by atoms with Crippen molar-refractivity contribution in [2.45, 2.75) is 32.6 Å². The molecule has 7 nitrogen and oxygen atoms in total. The van der Waals surface area contributed by atoms with Gasteiger partial charge in [-0.2, -0.15) is 5.10 Å². The van der Waals surface area contributed by atoms with Gasteiger partial charge in [0, 0.05) is 48.1 Å². The van der Waals surface area contributed by atoms with Crippen LogP contribution in [0, 0.1) is 13.8 Å². The van der Waals surface area contributed by atoms with E-state index in [1.165, 1.54) is 9.75 Å². The maximum Gasteiger partial charge on any atom is 0.257 e. The number of aromatic nitrogens is 4. The number of nitrogens with zero attached hydrogens (tertiary/aromatic N) is 5. The fourth-order valence-electron chi connectivity index (χ4n) is 3.45. The summed E-state index contributed by atoms with van der Waals surface area (Å²) in [6, 6.07) is 4.07. The lowest BCUT2D eigenvalue weighted by molar-refractivity contribution is 0.0743. The number of thiophene rings is 1. The van der Waals surface area contributed by atoms with Gasteiger partial charge in [-0.25, -0.2) is 14.6 Å². The van der Waals surface area contributed by atoms with Crippen LogP contribution in [-0.4, -0.2) is 57.9 Å². The van der Waals surface area contributed by atoms with E-state index in [0.717, 1.165) is 29.8 Å². The van der Waals surface area contributed by atoms with Crippen LogP contribution < -0.4 is 0 Å². The molecule has 1 saturated carbocycles. The number of ether oxygens (including phenoxy) is 1. The minimum absolute atomic E-state index is 0.0457. The third-order valence-corrected chi connectivity index (χ3v) is 6.09. The lowest BCUT2D eigenvalue weighted by Crippen LogP contribution is -2.30. The molecule has 3 aromatic heterocycles. The Morgan fingerprint density at radius 2 is 2.17 bits per heavy atom. The highest BCUT2D eigenvalue weighted by molar-refractivity contribution is 7.12. The molecule has 0 atom stereocenters. The van der Waals surface area contributed by atoms with Gasteiger partial charge in [0.05, 0.1) is 29.8 Å². The second kappa shape index (κ2) is 8.04. The normalized spacial score (nSPS) is 13.7. The van der Waals surface area contributed by atoms with Crippen LogP contribution in [0.15, 0.2) is 24.5 Å². The van der Waals surface area contributed by atoms with E-state index in [2.05, 4.69) is 30.0 Å². The molecule has 3 aromatic rings. The third-order valence-electron chi connectivity index (χ3n) is 5.13. The number of carbonyl (C=O) groups is 1. The number of hydrogen-bond donors (Lipinski definition) is 0. The van der Waals surface area contributed by atoms with Gasteiger partial charge in [-0.15, -0.1) is 11.3 Å². The van der Waals surface area contributed by atoms with Crippen molar-refractivity contribution in [1.82, 2.24) is 24.6 Å². The fraction of sp³-hybridized carbons (Fsp3) is 0.429. The molecule has 0 N–H and O–H groups in total. The summed E-state index contributed by atoms with van der Waals surface area (Å²) in [6.45, 7) is 5.23. The number of aryl methyl sites for hydroxylation is 2. The van der Waals surface area contributed by atoms with Gasteiger partial charge >= 0.3 is 0 Å². The first kappa shape index (κ1) is 19.7. The molecule has 3 heterocycles. The maximum absolute atomic E-state index is 13.0. The smallest absolute Gasteiger partial charge is 0.257 e. The Kier molecular flexibility index (Phi) is 5.47. The average molecular weight is 412 g/mol. The number of rotatable bonds is 7. The van der Waals surface area contributed by atoms with Crippen LogP contribution >= 0.6 is 11.3 Å². The fourth-order valence-corrected chi connectivity index (χ4v) is 4.39. The van der Waals surface area contributed by atoms with Gasteiger partial charge in [-0.3, -0.25) is 4.79 Å². The predicted octanol–water partition coefficient (Wildman–Crippen LogP) is 3.60. The molecule has 0 radical (unpaired) electrons. The molecular weight excluding hydrogens is 386 g/mol. The van der Waals surface area contributed by atoms with Gasteiger partial charge in [0.2, 0.25) is 0 Å². The van der Waals surface area contributed by atoms with Crippen LogP contribution in [0.25, 0.3) is 17.2 Å². The zero-order valence-electron chi connectivity index (χ0n) is 17.2. The van der Waals surface area contributed by atoms with Gasteiger partial charge in [0.15, 0.2) is 0 Å². The summed E-state index contributed by atoms with van der Waals surface area (Å²) in [5.74, 6) is 0.784. The van der Waals surface area contributed by atoms with Gasteiger partial charge < -0.3 is 9.64 Å². The van der Waals surface area contributed by atoms with Gasteiger partial charge in [-0.05, 0) is 38.8 Å². The Labute approximate surface area is 174 Å². The van der Waals surface area contributed by atoms with Gasteiger partial charge in [-0.1, -0.05) is 0 Å². The molecule has 1 aliphatic rings. The molecule has 1 amide bonds. The van der Waals surface area contributed by atoms with Gasteiger partial charge in [0.1, 0.15) is 0 Å². The second-order valence-corrected chi connectivity index (χ2v) is 8.88. The highest BCUT2D eigenvalue weighted by Crippen LogP contribution is 2.42. The highest BCUT2D eigenvalue weighted by Gasteiger charge is 2.34. The van der Waals surface area contributed by atoms with E-state index in [4.69, 9.17) is 9.72 Å². The Morgan fingerprint density at radius 3 is 2.83 bits per heavy atom. The Balaban J connectivity index is 1.71. The van der Waals surface area contributed by atoms with Crippen molar-refractivity contribution in [2.24, 2.45) is 0 Å². The minimum atomic E-state index is -0.0457. The van der Waals surface area contributed by atoms with E-state index in [1.807, 2.05) is 6.07 Å². The van der Waals surface area contributed by atoms with E-state index in [9.17, 15) is 4.79 Å². The van der Waals surface area contributed by atoms with Crippen LogP contribution in [0.1, 0.15) is 44.6 Å². The molecule has 0 spiro atoms. The molecule has 29 heavy (non-hydrogen) atoms. The van der Waals surface area contributed by atoms with Crippen LogP contribution in [0.3, 0.4) is 0 Å². The Morgan fingerprint density at radius 1 is 1.38 bits per heavy atom. The number of hydrogen-bond acceptors (Lipinski definition) is 6. The quantitative estimate of drug-likeness (QED) is 0.594. The largest absolute Gasteiger partial charge is 0.383 e. The molecule has 0 aliphatic heterocycles. The Bertz CT molecular complexity index is 1040. The van der Waals surface area contributed by atoms with E-state index < -0.39 is 0 Å². The van der Waals surface area contributed by atoms with Crippen LogP contribution in [0.5, 0.6) is 0 Å². The monoisotopic (exact) mass is 411 g/mol. The molecule has 152 valence electrons. The van der Waals surface area contributed by atoms with Crippen LogP contribution in [0.2, 0.25) is 0 Å². The SMILES string of the molecule is COCCN(C)C(=O)c1cnn(-c2nccc(-c3cc(C)sc3C)n2)c1C1CC1. The van der Waals surface area contributed by atoms with Crippen molar-refractivity contribution < 1.29 is 9.53 Å². The maximum atomic E-state index is 13.0. The van der Waals surface area contributed by atoms with Crippen LogP contribution in [0.4, 0.5) is 0 Å². The predicted molar refractivity (Wildman–Crippen MR) is 113 cm³/mol. The van der Waals surface area contributed by atoms with Crippen molar-refractivity contribution >= 4 is 17.2 Å². The molecule has 1 fully saturated rings. The lowest BCUT2D eigenvalue weighted by atomic mass is 10.1. The Hall–Kier alpha value is -2.58. The van der Waals surface area contributed by atoms with Crippen molar-refractivity contribution in [3.05, 3.63) is 45.5 Å². The minimum Gasteiger partial charge on any atom is -0.383 e. The van der Waals surface area contributed by atoms with Crippen molar-refractivity contribution in [3.8, 4) is 17.2 Å². The first-order valence-electron chi connectivity index (χ1n) is 9.72. The van der Waals surface area contributed by atoms with Crippen molar-refractivity contribution in [1.29, 1.82) is 0 Å². The lowest BCUT2D eigenvalue weighted by Gasteiger charge is -2.17. The summed E-state index contributed by atoms with van der Waals surface area (Å²) in [7, 11) is 3.42. The molecule has 0 aromatic carbocycles. The first-order valence-corrected chi connectivity index (χ1v) is 10.5. The average Bonchev–Trinajstić information content (AvgIpc) is 3.37. The van der Waals surface area contributed by atoms with Crippen molar-refractivity contribution in [2.75, 3.05) is 27.3 Å². The summed E-state index contributed by atoms with van der Waals surface area (Å²) in [6.07, 6.45) is 5.51. The highest BCUT2D eigenvalue weighted by atomic mass is 32.1. The molecule has 1 aliphatic carbocycles. The number of carbonyl (C=O) groups excluding carboxylic acids is 1. The van der Waals surface area contributed by atoms with Crippen LogP contribution in [-0.2, 0) is 4.74 Å². The zero-order valence-corrected chi connectivity index (χ0v) is 18.0. The first-order chi connectivity index (χ1) is 14.0. The van der Waals surface area contributed by atoms with E-state index >= 15 is 0 Å². The number of likely N-dealkylation sites (N-methyl/N-ethyl adjacent to an activating group) is 1. The van der Waals surface area contributed by atoms with Gasteiger partial charge in [0.25, 0.3) is 11.9 Å². The second-order valence-electron chi connectivity index (χ2n) is 7.42. The molecular formula is C21H25N5O2S. The van der Waals surface area contributed by atoms with E-state index in [0.29, 0.717) is 30.6 Å². The summed E-state index contributed by atoms with van der Waals surface area (Å²) in [5.41, 5.74) is 3.53. The molecule has 0 unspecified atom stereocenters. The molecule has 0 bridgehead atoms. The van der Waals surface area contributed by atoms with Crippen molar-refractivity contribution in [3.63, 3.8) is 0 Å². The summed E-state index contributed by atoms with van der Waals surface area (Å²) >= 11 is 1.76. The summed E-state index contributed by atoms with van der Waals surface area (Å²) < 4.78 is 6.84. The zero-order chi connectivity index (χ0) is 20.5. The summed E-state index contributed by atoms with van der Waals surface area (Å²) in [4.78, 5) is 26.3.